The minimum Gasteiger partial charge on any atom is -0.355 e. The van der Waals surface area contributed by atoms with Crippen LogP contribution in [0.5, 0.6) is 0 Å². The fourth-order valence-corrected chi connectivity index (χ4v) is 3.61. The molecule has 1 N–H and O–H groups in total. The van der Waals surface area contributed by atoms with Crippen LogP contribution in [0.3, 0.4) is 0 Å². The van der Waals surface area contributed by atoms with E-state index in [0.29, 0.717) is 6.54 Å². The molecule has 0 saturated carbocycles. The SMILES string of the molecule is Cn1c(=O)c2c(ncn2CC(=O)NCCCSc2ccccc2)n(C)c1=O. The highest BCUT2D eigenvalue weighted by Crippen LogP contribution is 2.17. The maximum Gasteiger partial charge on any atom is 0.332 e. The van der Waals surface area contributed by atoms with Gasteiger partial charge in [-0.05, 0) is 24.3 Å². The lowest BCUT2D eigenvalue weighted by Gasteiger charge is -2.08. The summed E-state index contributed by atoms with van der Waals surface area (Å²) in [5.41, 5.74) is -0.389. The summed E-state index contributed by atoms with van der Waals surface area (Å²) in [5, 5.41) is 2.85. The number of aromatic nitrogens is 4. The van der Waals surface area contributed by atoms with E-state index in [0.717, 1.165) is 16.7 Å². The Hall–Kier alpha value is -2.81. The van der Waals surface area contributed by atoms with Crippen molar-refractivity contribution in [1.29, 1.82) is 0 Å². The Balaban J connectivity index is 1.57. The van der Waals surface area contributed by atoms with Gasteiger partial charge in [-0.1, -0.05) is 18.2 Å². The number of rotatable bonds is 7. The van der Waals surface area contributed by atoms with Crippen molar-refractivity contribution in [3.05, 3.63) is 57.5 Å². The molecule has 9 heteroatoms. The van der Waals surface area contributed by atoms with Crippen molar-refractivity contribution in [3.63, 3.8) is 0 Å². The van der Waals surface area contributed by atoms with E-state index in [1.165, 1.54) is 27.4 Å². The van der Waals surface area contributed by atoms with Crippen molar-refractivity contribution in [2.75, 3.05) is 12.3 Å². The topological polar surface area (TPSA) is 90.9 Å². The smallest absolute Gasteiger partial charge is 0.332 e. The molecule has 0 saturated heterocycles. The third-order valence-electron chi connectivity index (χ3n) is 4.19. The van der Waals surface area contributed by atoms with Gasteiger partial charge in [-0.25, -0.2) is 9.78 Å². The number of nitrogens with zero attached hydrogens (tertiary/aromatic N) is 4. The summed E-state index contributed by atoms with van der Waals surface area (Å²) >= 11 is 1.74. The van der Waals surface area contributed by atoms with Crippen LogP contribution in [-0.2, 0) is 25.4 Å². The Bertz CT molecular complexity index is 1070. The number of imidazole rings is 1. The summed E-state index contributed by atoms with van der Waals surface area (Å²) in [4.78, 5) is 41.8. The average molecular weight is 387 g/mol. The van der Waals surface area contributed by atoms with Crippen molar-refractivity contribution in [3.8, 4) is 0 Å². The molecule has 0 spiro atoms. The zero-order valence-corrected chi connectivity index (χ0v) is 16.0. The van der Waals surface area contributed by atoms with Gasteiger partial charge in [-0.3, -0.25) is 18.7 Å². The van der Waals surface area contributed by atoms with Crippen LogP contribution in [0.1, 0.15) is 6.42 Å². The quantitative estimate of drug-likeness (QED) is 0.477. The number of amides is 1. The van der Waals surface area contributed by atoms with Crippen LogP contribution in [0.15, 0.2) is 51.1 Å². The molecule has 0 unspecified atom stereocenters. The van der Waals surface area contributed by atoms with Gasteiger partial charge in [-0.2, -0.15) is 0 Å². The van der Waals surface area contributed by atoms with Crippen molar-refractivity contribution in [1.82, 2.24) is 24.0 Å². The molecule has 2 aromatic heterocycles. The lowest BCUT2D eigenvalue weighted by molar-refractivity contribution is -0.121. The van der Waals surface area contributed by atoms with Crippen molar-refractivity contribution in [2.45, 2.75) is 17.9 Å². The van der Waals surface area contributed by atoms with Crippen LogP contribution < -0.4 is 16.6 Å². The first-order chi connectivity index (χ1) is 13.0. The summed E-state index contributed by atoms with van der Waals surface area (Å²) < 4.78 is 3.79. The van der Waals surface area contributed by atoms with Gasteiger partial charge >= 0.3 is 5.69 Å². The predicted octanol–water partition coefficient (Wildman–Crippen LogP) is 0.732. The van der Waals surface area contributed by atoms with Gasteiger partial charge in [0.2, 0.25) is 5.91 Å². The third kappa shape index (κ3) is 4.13. The number of thioether (sulfide) groups is 1. The van der Waals surface area contributed by atoms with Gasteiger partial charge in [0, 0.05) is 25.5 Å². The van der Waals surface area contributed by atoms with Gasteiger partial charge in [0.25, 0.3) is 5.56 Å². The monoisotopic (exact) mass is 387 g/mol. The second-order valence-corrected chi connectivity index (χ2v) is 7.28. The number of fused-ring (bicyclic) bond motifs is 1. The van der Waals surface area contributed by atoms with Crippen LogP contribution in [0.4, 0.5) is 0 Å². The second-order valence-electron chi connectivity index (χ2n) is 6.12. The molecule has 2 heterocycles. The summed E-state index contributed by atoms with van der Waals surface area (Å²) in [6.45, 7) is 0.539. The fraction of sp³-hybridized carbons (Fsp3) is 0.333. The Labute approximate surface area is 159 Å². The normalized spacial score (nSPS) is 11.0. The molecule has 3 aromatic rings. The zero-order chi connectivity index (χ0) is 19.4. The standard InChI is InChI=1S/C18H21N5O3S/c1-21-16-15(17(25)22(2)18(21)26)23(12-20-16)11-14(24)19-9-6-10-27-13-7-4-3-5-8-13/h3-5,7-8,12H,6,9-11H2,1-2H3,(H,19,24). The average Bonchev–Trinajstić information content (AvgIpc) is 3.09. The summed E-state index contributed by atoms with van der Waals surface area (Å²) in [6.07, 6.45) is 2.25. The largest absolute Gasteiger partial charge is 0.355 e. The van der Waals surface area contributed by atoms with Crippen molar-refractivity contribution < 1.29 is 4.79 Å². The number of benzene rings is 1. The first-order valence-electron chi connectivity index (χ1n) is 8.54. The number of carbonyl (C=O) groups is 1. The van der Waals surface area contributed by atoms with Gasteiger partial charge in [-0.15, -0.1) is 11.8 Å². The molecule has 1 aromatic carbocycles. The van der Waals surface area contributed by atoms with Gasteiger partial charge < -0.3 is 9.88 Å². The Morgan fingerprint density at radius 1 is 1.15 bits per heavy atom. The number of hydrogen-bond donors (Lipinski definition) is 1. The van der Waals surface area contributed by atoms with E-state index < -0.39 is 11.2 Å². The molecule has 0 aliphatic carbocycles. The van der Waals surface area contributed by atoms with E-state index in [4.69, 9.17) is 0 Å². The van der Waals surface area contributed by atoms with Gasteiger partial charge in [0.1, 0.15) is 6.54 Å². The first-order valence-corrected chi connectivity index (χ1v) is 9.53. The molecule has 0 aliphatic heterocycles. The van der Waals surface area contributed by atoms with Crippen LogP contribution in [0.2, 0.25) is 0 Å². The number of carbonyl (C=O) groups excluding carboxylic acids is 1. The molecule has 142 valence electrons. The van der Waals surface area contributed by atoms with E-state index in [1.807, 2.05) is 18.2 Å². The van der Waals surface area contributed by atoms with E-state index in [-0.39, 0.29) is 23.6 Å². The van der Waals surface area contributed by atoms with E-state index in [2.05, 4.69) is 22.4 Å². The van der Waals surface area contributed by atoms with Crippen LogP contribution in [-0.4, -0.2) is 36.9 Å². The molecule has 0 radical (unpaired) electrons. The maximum atomic E-state index is 12.4. The molecule has 0 bridgehead atoms. The number of aryl methyl sites for hydroxylation is 1. The highest BCUT2D eigenvalue weighted by Gasteiger charge is 2.15. The Morgan fingerprint density at radius 2 is 1.89 bits per heavy atom. The number of hydrogen-bond acceptors (Lipinski definition) is 5. The number of nitrogens with one attached hydrogen (secondary N) is 1. The Kier molecular flexibility index (Phi) is 5.80. The van der Waals surface area contributed by atoms with Crippen LogP contribution >= 0.6 is 11.8 Å². The van der Waals surface area contributed by atoms with Crippen LogP contribution in [0, 0.1) is 0 Å². The fourth-order valence-electron chi connectivity index (χ4n) is 2.73. The molecule has 8 nitrogen and oxygen atoms in total. The van der Waals surface area contributed by atoms with Crippen molar-refractivity contribution >= 4 is 28.8 Å². The molecule has 0 fully saturated rings. The van der Waals surface area contributed by atoms with E-state index >= 15 is 0 Å². The molecular weight excluding hydrogens is 366 g/mol. The zero-order valence-electron chi connectivity index (χ0n) is 15.2. The lowest BCUT2D eigenvalue weighted by Crippen LogP contribution is -2.38. The first kappa shape index (κ1) is 19.0. The third-order valence-corrected chi connectivity index (χ3v) is 5.28. The molecule has 3 rings (SSSR count). The van der Waals surface area contributed by atoms with Crippen molar-refractivity contribution in [2.24, 2.45) is 14.1 Å². The lowest BCUT2D eigenvalue weighted by atomic mass is 10.4. The van der Waals surface area contributed by atoms with E-state index in [9.17, 15) is 14.4 Å². The van der Waals surface area contributed by atoms with Gasteiger partial charge in [0.15, 0.2) is 11.2 Å². The highest BCUT2D eigenvalue weighted by molar-refractivity contribution is 7.99. The molecule has 0 aliphatic rings. The van der Waals surface area contributed by atoms with E-state index in [1.54, 1.807) is 18.8 Å². The van der Waals surface area contributed by atoms with Crippen LogP contribution in [0.25, 0.3) is 11.2 Å². The Morgan fingerprint density at radius 3 is 2.63 bits per heavy atom. The molecule has 0 atom stereocenters. The molecular formula is C18H21N5O3S. The summed E-state index contributed by atoms with van der Waals surface area (Å²) in [7, 11) is 2.96. The second kappa shape index (κ2) is 8.26. The highest BCUT2D eigenvalue weighted by atomic mass is 32.2. The minimum atomic E-state index is -0.460. The van der Waals surface area contributed by atoms with Gasteiger partial charge in [0.05, 0.1) is 6.33 Å². The maximum absolute atomic E-state index is 12.4. The molecule has 1 amide bonds. The summed E-state index contributed by atoms with van der Waals surface area (Å²) in [6, 6.07) is 10.1. The molecule has 27 heavy (non-hydrogen) atoms. The minimum absolute atomic E-state index is 0.0181. The summed E-state index contributed by atoms with van der Waals surface area (Å²) in [5.74, 6) is 0.705. The predicted molar refractivity (Wildman–Crippen MR) is 105 cm³/mol.